The lowest BCUT2D eigenvalue weighted by atomic mass is 9.93. The van der Waals surface area contributed by atoms with E-state index in [1.807, 2.05) is 38.1 Å². The van der Waals surface area contributed by atoms with Crippen molar-refractivity contribution in [2.24, 2.45) is 0 Å². The van der Waals surface area contributed by atoms with Crippen LogP contribution in [0.2, 0.25) is 0 Å². The van der Waals surface area contributed by atoms with Crippen LogP contribution in [0.3, 0.4) is 0 Å². The SMILES string of the molecule is COc1ccc(C(C)(C)NC(=O)C2CCC(=O)N2)cc1. The minimum Gasteiger partial charge on any atom is -0.497 e. The molecule has 108 valence electrons. The topological polar surface area (TPSA) is 67.4 Å². The molecule has 1 saturated heterocycles. The molecule has 0 aliphatic carbocycles. The third kappa shape index (κ3) is 3.10. The van der Waals surface area contributed by atoms with Crippen LogP contribution in [0.1, 0.15) is 32.3 Å². The van der Waals surface area contributed by atoms with Crippen LogP contribution in [0.15, 0.2) is 24.3 Å². The predicted molar refractivity (Wildman–Crippen MR) is 75.3 cm³/mol. The molecule has 0 bridgehead atoms. The van der Waals surface area contributed by atoms with Gasteiger partial charge in [-0.15, -0.1) is 0 Å². The summed E-state index contributed by atoms with van der Waals surface area (Å²) < 4.78 is 5.12. The lowest BCUT2D eigenvalue weighted by Crippen LogP contribution is -2.49. The second kappa shape index (κ2) is 5.53. The van der Waals surface area contributed by atoms with E-state index in [9.17, 15) is 9.59 Å². The van der Waals surface area contributed by atoms with Gasteiger partial charge >= 0.3 is 0 Å². The maximum absolute atomic E-state index is 12.2. The fourth-order valence-electron chi connectivity index (χ4n) is 2.29. The van der Waals surface area contributed by atoms with Gasteiger partial charge in [-0.3, -0.25) is 9.59 Å². The van der Waals surface area contributed by atoms with E-state index in [4.69, 9.17) is 4.74 Å². The molecule has 1 aromatic carbocycles. The number of hydrogen-bond acceptors (Lipinski definition) is 3. The van der Waals surface area contributed by atoms with Crippen LogP contribution in [0.4, 0.5) is 0 Å². The average Bonchev–Trinajstić information content (AvgIpc) is 2.85. The summed E-state index contributed by atoms with van der Waals surface area (Å²) in [4.78, 5) is 23.3. The average molecular weight is 276 g/mol. The molecule has 0 radical (unpaired) electrons. The lowest BCUT2D eigenvalue weighted by molar-refractivity contribution is -0.127. The van der Waals surface area contributed by atoms with E-state index in [2.05, 4.69) is 10.6 Å². The van der Waals surface area contributed by atoms with E-state index < -0.39 is 11.6 Å². The van der Waals surface area contributed by atoms with Gasteiger partial charge in [-0.1, -0.05) is 12.1 Å². The molecule has 0 saturated carbocycles. The molecule has 0 aromatic heterocycles. The monoisotopic (exact) mass is 276 g/mol. The van der Waals surface area contributed by atoms with Gasteiger partial charge in [0, 0.05) is 6.42 Å². The minimum atomic E-state index is -0.503. The number of amides is 2. The third-order valence-corrected chi connectivity index (χ3v) is 3.56. The quantitative estimate of drug-likeness (QED) is 0.871. The predicted octanol–water partition coefficient (Wildman–Crippen LogP) is 1.33. The Kier molecular flexibility index (Phi) is 3.97. The number of methoxy groups -OCH3 is 1. The first kappa shape index (κ1) is 14.4. The van der Waals surface area contributed by atoms with E-state index in [0.717, 1.165) is 11.3 Å². The Morgan fingerprint density at radius 1 is 1.35 bits per heavy atom. The van der Waals surface area contributed by atoms with Gasteiger partial charge in [0.15, 0.2) is 0 Å². The maximum Gasteiger partial charge on any atom is 0.243 e. The number of rotatable bonds is 4. The summed E-state index contributed by atoms with van der Waals surface area (Å²) in [5.74, 6) is 0.572. The molecular weight excluding hydrogens is 256 g/mol. The molecule has 5 nitrogen and oxygen atoms in total. The van der Waals surface area contributed by atoms with Crippen LogP contribution in [0.25, 0.3) is 0 Å². The van der Waals surface area contributed by atoms with Crippen molar-refractivity contribution in [3.8, 4) is 5.75 Å². The van der Waals surface area contributed by atoms with Crippen molar-refractivity contribution in [2.75, 3.05) is 7.11 Å². The summed E-state index contributed by atoms with van der Waals surface area (Å²) >= 11 is 0. The minimum absolute atomic E-state index is 0.0626. The molecule has 5 heteroatoms. The largest absolute Gasteiger partial charge is 0.497 e. The maximum atomic E-state index is 12.2. The van der Waals surface area contributed by atoms with Gasteiger partial charge in [0.25, 0.3) is 0 Å². The molecule has 1 unspecified atom stereocenters. The zero-order valence-corrected chi connectivity index (χ0v) is 12.0. The molecule has 1 fully saturated rings. The Bertz CT molecular complexity index is 508. The van der Waals surface area contributed by atoms with Crippen LogP contribution in [0.5, 0.6) is 5.75 Å². The van der Waals surface area contributed by atoms with E-state index in [0.29, 0.717) is 12.8 Å². The van der Waals surface area contributed by atoms with Gasteiger partial charge in [-0.25, -0.2) is 0 Å². The molecule has 1 atom stereocenters. The molecule has 1 aliphatic rings. The summed E-state index contributed by atoms with van der Waals surface area (Å²) in [5, 5.41) is 5.65. The number of carbonyl (C=O) groups is 2. The zero-order chi connectivity index (χ0) is 14.8. The van der Waals surface area contributed by atoms with Gasteiger partial charge in [0.05, 0.1) is 12.6 Å². The summed E-state index contributed by atoms with van der Waals surface area (Å²) in [5.41, 5.74) is 0.479. The number of nitrogens with one attached hydrogen (secondary N) is 2. The molecular formula is C15H20N2O3. The van der Waals surface area contributed by atoms with Gasteiger partial charge in [-0.2, -0.15) is 0 Å². The van der Waals surface area contributed by atoms with Crippen molar-refractivity contribution in [1.29, 1.82) is 0 Å². The highest BCUT2D eigenvalue weighted by atomic mass is 16.5. The first-order chi connectivity index (χ1) is 9.42. The standard InChI is InChI=1S/C15H20N2O3/c1-15(2,10-4-6-11(20-3)7-5-10)17-14(19)12-8-9-13(18)16-12/h4-7,12H,8-9H2,1-3H3,(H,16,18)(H,17,19). The van der Waals surface area contributed by atoms with Crippen LogP contribution < -0.4 is 15.4 Å². The normalized spacial score (nSPS) is 18.6. The van der Waals surface area contributed by atoms with E-state index in [1.54, 1.807) is 7.11 Å². The summed E-state index contributed by atoms with van der Waals surface area (Å²) in [6.07, 6.45) is 0.977. The molecule has 20 heavy (non-hydrogen) atoms. The van der Waals surface area contributed by atoms with Gasteiger partial charge in [0.2, 0.25) is 11.8 Å². The van der Waals surface area contributed by atoms with E-state index >= 15 is 0 Å². The van der Waals surface area contributed by atoms with Crippen molar-refractivity contribution in [2.45, 2.75) is 38.3 Å². The Balaban J connectivity index is 2.05. The van der Waals surface area contributed by atoms with Gasteiger partial charge in [0.1, 0.15) is 11.8 Å². The highest BCUT2D eigenvalue weighted by Crippen LogP contribution is 2.23. The van der Waals surface area contributed by atoms with Crippen molar-refractivity contribution in [3.63, 3.8) is 0 Å². The molecule has 1 aliphatic heterocycles. The first-order valence-corrected chi connectivity index (χ1v) is 6.68. The summed E-state index contributed by atoms with van der Waals surface area (Å²) in [7, 11) is 1.62. The van der Waals surface area contributed by atoms with E-state index in [1.165, 1.54) is 0 Å². The molecule has 2 amide bonds. The number of carbonyl (C=O) groups excluding carboxylic acids is 2. The summed E-state index contributed by atoms with van der Waals surface area (Å²) in [6.45, 7) is 3.87. The third-order valence-electron chi connectivity index (χ3n) is 3.56. The Morgan fingerprint density at radius 2 is 2.00 bits per heavy atom. The molecule has 2 N–H and O–H groups in total. The number of hydrogen-bond donors (Lipinski definition) is 2. The highest BCUT2D eigenvalue weighted by molar-refractivity contribution is 5.91. The Labute approximate surface area is 118 Å². The Hall–Kier alpha value is -2.04. The zero-order valence-electron chi connectivity index (χ0n) is 12.0. The second-order valence-electron chi connectivity index (χ2n) is 5.50. The van der Waals surface area contributed by atoms with Gasteiger partial charge < -0.3 is 15.4 Å². The lowest BCUT2D eigenvalue weighted by Gasteiger charge is -2.28. The smallest absolute Gasteiger partial charge is 0.243 e. The van der Waals surface area contributed by atoms with Gasteiger partial charge in [-0.05, 0) is 38.0 Å². The molecule has 1 heterocycles. The van der Waals surface area contributed by atoms with Crippen molar-refractivity contribution in [1.82, 2.24) is 10.6 Å². The fourth-order valence-corrected chi connectivity index (χ4v) is 2.29. The first-order valence-electron chi connectivity index (χ1n) is 6.68. The number of ether oxygens (including phenoxy) is 1. The van der Waals surface area contributed by atoms with Crippen molar-refractivity contribution >= 4 is 11.8 Å². The highest BCUT2D eigenvalue weighted by Gasteiger charge is 2.31. The van der Waals surface area contributed by atoms with Crippen LogP contribution in [-0.4, -0.2) is 25.0 Å². The van der Waals surface area contributed by atoms with Crippen LogP contribution in [0, 0.1) is 0 Å². The molecule has 0 spiro atoms. The summed E-state index contributed by atoms with van der Waals surface area (Å²) in [6, 6.07) is 7.15. The van der Waals surface area contributed by atoms with Crippen LogP contribution >= 0.6 is 0 Å². The molecule has 2 rings (SSSR count). The van der Waals surface area contributed by atoms with Crippen molar-refractivity contribution < 1.29 is 14.3 Å². The second-order valence-corrected chi connectivity index (χ2v) is 5.50. The van der Waals surface area contributed by atoms with Crippen molar-refractivity contribution in [3.05, 3.63) is 29.8 Å². The fraction of sp³-hybridized carbons (Fsp3) is 0.467. The van der Waals surface area contributed by atoms with Crippen LogP contribution in [-0.2, 0) is 15.1 Å². The number of benzene rings is 1. The van der Waals surface area contributed by atoms with E-state index in [-0.39, 0.29) is 11.8 Å². The molecule has 1 aromatic rings. The Morgan fingerprint density at radius 3 is 2.50 bits per heavy atom.